The molecular weight excluding hydrogens is 306 g/mol. The number of rotatable bonds is 8. The van der Waals surface area contributed by atoms with Gasteiger partial charge in [-0.1, -0.05) is 19.9 Å². The van der Waals surface area contributed by atoms with E-state index in [0.717, 1.165) is 25.4 Å². The number of nitrogens with one attached hydrogen (secondary N) is 1. The topological polar surface area (TPSA) is 27.7 Å². The lowest BCUT2D eigenvalue weighted by Gasteiger charge is -2.27. The molecule has 1 N–H and O–H groups in total. The number of nitrogens with zero attached hydrogens (tertiary/aromatic N) is 2. The first-order chi connectivity index (χ1) is 11.1. The molecule has 1 aromatic carbocycles. The van der Waals surface area contributed by atoms with Gasteiger partial charge in [0.1, 0.15) is 5.75 Å². The summed E-state index contributed by atoms with van der Waals surface area (Å²) >= 11 is 2.05. The van der Waals surface area contributed by atoms with E-state index in [0.29, 0.717) is 5.92 Å². The summed E-state index contributed by atoms with van der Waals surface area (Å²) in [5.74, 6) is 4.13. The summed E-state index contributed by atoms with van der Waals surface area (Å²) in [6.07, 6.45) is 0. The van der Waals surface area contributed by atoms with Crippen molar-refractivity contribution in [1.29, 1.82) is 0 Å². The molecule has 1 saturated heterocycles. The van der Waals surface area contributed by atoms with Crippen LogP contribution in [0.2, 0.25) is 0 Å². The van der Waals surface area contributed by atoms with Crippen molar-refractivity contribution in [3.63, 3.8) is 0 Å². The quantitative estimate of drug-likeness (QED) is 0.737. The van der Waals surface area contributed by atoms with Crippen LogP contribution in [0, 0.1) is 5.92 Å². The van der Waals surface area contributed by atoms with Gasteiger partial charge in [-0.2, -0.15) is 11.8 Å². The van der Waals surface area contributed by atoms with Gasteiger partial charge in [-0.15, -0.1) is 0 Å². The highest BCUT2D eigenvalue weighted by molar-refractivity contribution is 7.99. The Morgan fingerprint density at radius 2 is 2.04 bits per heavy atom. The van der Waals surface area contributed by atoms with Gasteiger partial charge in [0.15, 0.2) is 0 Å². The molecule has 0 amide bonds. The van der Waals surface area contributed by atoms with E-state index in [1.165, 1.54) is 35.7 Å². The van der Waals surface area contributed by atoms with E-state index < -0.39 is 0 Å². The maximum absolute atomic E-state index is 5.58. The van der Waals surface area contributed by atoms with E-state index >= 15 is 0 Å². The van der Waals surface area contributed by atoms with Gasteiger partial charge in [-0.25, -0.2) is 5.01 Å². The van der Waals surface area contributed by atoms with E-state index in [9.17, 15) is 0 Å². The Morgan fingerprint density at radius 1 is 1.30 bits per heavy atom. The maximum atomic E-state index is 5.58. The Morgan fingerprint density at radius 3 is 2.65 bits per heavy atom. The summed E-state index contributed by atoms with van der Waals surface area (Å²) in [7, 11) is 3.77. The number of methoxy groups -OCH3 is 1. The van der Waals surface area contributed by atoms with Crippen LogP contribution < -0.4 is 10.2 Å². The van der Waals surface area contributed by atoms with Crippen LogP contribution in [0.1, 0.15) is 25.0 Å². The van der Waals surface area contributed by atoms with Crippen molar-refractivity contribution in [3.05, 3.63) is 29.3 Å². The molecular formula is C18H31N3OS. The summed E-state index contributed by atoms with van der Waals surface area (Å²) in [5, 5.41) is 2.27. The zero-order chi connectivity index (χ0) is 16.7. The van der Waals surface area contributed by atoms with Crippen molar-refractivity contribution < 1.29 is 4.74 Å². The molecule has 0 spiro atoms. The smallest absolute Gasteiger partial charge is 0.123 e. The number of hydrogen-bond donors (Lipinski definition) is 1. The first-order valence-electron chi connectivity index (χ1n) is 8.50. The van der Waals surface area contributed by atoms with Gasteiger partial charge >= 0.3 is 0 Å². The zero-order valence-corrected chi connectivity index (χ0v) is 15.8. The molecule has 1 aromatic rings. The van der Waals surface area contributed by atoms with Gasteiger partial charge in [0.2, 0.25) is 0 Å². The van der Waals surface area contributed by atoms with Gasteiger partial charge in [-0.3, -0.25) is 10.3 Å². The van der Waals surface area contributed by atoms with Crippen molar-refractivity contribution >= 4 is 11.8 Å². The summed E-state index contributed by atoms with van der Waals surface area (Å²) in [4.78, 5) is 2.53. The number of hydrazine groups is 1. The number of benzene rings is 1. The van der Waals surface area contributed by atoms with Crippen LogP contribution in [0.4, 0.5) is 0 Å². The fraction of sp³-hybridized carbons (Fsp3) is 0.667. The second kappa shape index (κ2) is 9.52. The Labute approximate surface area is 145 Å². The minimum atomic E-state index is 0.644. The average molecular weight is 338 g/mol. The van der Waals surface area contributed by atoms with E-state index in [1.807, 2.05) is 7.05 Å². The lowest BCUT2D eigenvalue weighted by Crippen LogP contribution is -2.37. The monoisotopic (exact) mass is 337 g/mol. The van der Waals surface area contributed by atoms with Crippen LogP contribution in [-0.2, 0) is 13.1 Å². The summed E-state index contributed by atoms with van der Waals surface area (Å²) in [6.45, 7) is 9.79. The van der Waals surface area contributed by atoms with Crippen LogP contribution in [0.3, 0.4) is 0 Å². The average Bonchev–Trinajstić information content (AvgIpc) is 2.55. The molecule has 130 valence electrons. The Kier molecular flexibility index (Phi) is 7.70. The molecule has 0 atom stereocenters. The van der Waals surface area contributed by atoms with Crippen molar-refractivity contribution in [1.82, 2.24) is 15.3 Å². The second-order valence-electron chi connectivity index (χ2n) is 6.53. The van der Waals surface area contributed by atoms with Gasteiger partial charge < -0.3 is 4.74 Å². The maximum Gasteiger partial charge on any atom is 0.123 e. The van der Waals surface area contributed by atoms with Crippen molar-refractivity contribution in [3.8, 4) is 5.75 Å². The van der Waals surface area contributed by atoms with Crippen molar-refractivity contribution in [2.45, 2.75) is 26.9 Å². The fourth-order valence-corrected chi connectivity index (χ4v) is 3.93. The summed E-state index contributed by atoms with van der Waals surface area (Å²) < 4.78 is 5.58. The van der Waals surface area contributed by atoms with Crippen molar-refractivity contribution in [2.75, 3.05) is 45.3 Å². The van der Waals surface area contributed by atoms with E-state index in [1.54, 1.807) is 7.11 Å². The molecule has 2 rings (SSSR count). The largest absolute Gasteiger partial charge is 0.496 e. The van der Waals surface area contributed by atoms with Crippen LogP contribution in [0.25, 0.3) is 0 Å². The number of hydrogen-bond acceptors (Lipinski definition) is 5. The second-order valence-corrected chi connectivity index (χ2v) is 7.76. The highest BCUT2D eigenvalue weighted by Crippen LogP contribution is 2.23. The number of thioether (sulfide) groups is 1. The molecule has 1 aliphatic heterocycles. The third kappa shape index (κ3) is 5.99. The molecule has 4 nitrogen and oxygen atoms in total. The van der Waals surface area contributed by atoms with E-state index in [-0.39, 0.29) is 0 Å². The van der Waals surface area contributed by atoms with Crippen LogP contribution >= 0.6 is 11.8 Å². The van der Waals surface area contributed by atoms with Gasteiger partial charge in [0, 0.05) is 49.8 Å². The molecule has 1 heterocycles. The predicted molar refractivity (Wildman–Crippen MR) is 99.9 cm³/mol. The highest BCUT2D eigenvalue weighted by Gasteiger charge is 2.14. The van der Waals surface area contributed by atoms with Gasteiger partial charge in [0.05, 0.1) is 7.11 Å². The molecule has 0 bridgehead atoms. The third-order valence-corrected chi connectivity index (χ3v) is 5.06. The normalized spacial score (nSPS) is 16.3. The molecule has 0 unspecified atom stereocenters. The SMILES string of the molecule is CNN(Cc1ccc(OC)c(CN2CCSCC2)c1)CC(C)C. The fourth-order valence-electron chi connectivity index (χ4n) is 2.95. The van der Waals surface area contributed by atoms with E-state index in [2.05, 4.69) is 59.1 Å². The molecule has 0 saturated carbocycles. The van der Waals surface area contributed by atoms with Crippen molar-refractivity contribution in [2.24, 2.45) is 5.92 Å². The lowest BCUT2D eigenvalue weighted by molar-refractivity contribution is 0.175. The standard InChI is InChI=1S/C18H31N3OS/c1-15(2)12-21(19-3)13-16-5-6-18(22-4)17(11-16)14-20-7-9-23-10-8-20/h5-6,11,15,19H,7-10,12-14H2,1-4H3. The van der Waals surface area contributed by atoms with Crippen LogP contribution in [0.15, 0.2) is 18.2 Å². The lowest BCUT2D eigenvalue weighted by atomic mass is 10.1. The minimum Gasteiger partial charge on any atom is -0.496 e. The van der Waals surface area contributed by atoms with Crippen LogP contribution in [0.5, 0.6) is 5.75 Å². The molecule has 0 radical (unpaired) electrons. The predicted octanol–water partition coefficient (Wildman–Crippen LogP) is 2.84. The molecule has 0 aromatic heterocycles. The molecule has 1 aliphatic rings. The number of ether oxygens (including phenoxy) is 1. The zero-order valence-electron chi connectivity index (χ0n) is 15.0. The highest BCUT2D eigenvalue weighted by atomic mass is 32.2. The van der Waals surface area contributed by atoms with Crippen LogP contribution in [-0.4, -0.2) is 55.2 Å². The molecule has 1 fully saturated rings. The van der Waals surface area contributed by atoms with Gasteiger partial charge in [-0.05, 0) is 30.7 Å². The first-order valence-corrected chi connectivity index (χ1v) is 9.66. The Balaban J connectivity index is 2.07. The Hall–Kier alpha value is -0.750. The molecule has 0 aliphatic carbocycles. The molecule has 23 heavy (non-hydrogen) atoms. The third-order valence-electron chi connectivity index (χ3n) is 4.12. The molecule has 5 heteroatoms. The summed E-state index contributed by atoms with van der Waals surface area (Å²) in [6, 6.07) is 6.61. The first kappa shape index (κ1) is 18.6. The Bertz CT molecular complexity index is 475. The summed E-state index contributed by atoms with van der Waals surface area (Å²) in [5.41, 5.74) is 5.94. The van der Waals surface area contributed by atoms with Gasteiger partial charge in [0.25, 0.3) is 0 Å². The van der Waals surface area contributed by atoms with E-state index in [4.69, 9.17) is 4.74 Å². The minimum absolute atomic E-state index is 0.644.